The maximum Gasteiger partial charge on any atom is 0.127 e. The van der Waals surface area contributed by atoms with Gasteiger partial charge in [-0.15, -0.1) is 5.10 Å². The Bertz CT molecular complexity index is 538. The lowest BCUT2D eigenvalue weighted by atomic mass is 10.1. The van der Waals surface area contributed by atoms with E-state index in [4.69, 9.17) is 11.6 Å². The average Bonchev–Trinajstić information content (AvgIpc) is 2.83. The SMILES string of the molecule is CCCn1nncc1C(O)Cc1c(F)cccc1Cl. The van der Waals surface area contributed by atoms with E-state index in [2.05, 4.69) is 10.3 Å². The second-order valence-corrected chi connectivity index (χ2v) is 4.71. The van der Waals surface area contributed by atoms with Crippen molar-refractivity contribution in [3.63, 3.8) is 0 Å². The summed E-state index contributed by atoms with van der Waals surface area (Å²) in [5, 5.41) is 18.2. The molecule has 0 radical (unpaired) electrons. The summed E-state index contributed by atoms with van der Waals surface area (Å²) >= 11 is 5.95. The summed E-state index contributed by atoms with van der Waals surface area (Å²) in [6, 6.07) is 4.47. The van der Waals surface area contributed by atoms with Crippen molar-refractivity contribution in [3.05, 3.63) is 46.5 Å². The third-order valence-electron chi connectivity index (χ3n) is 2.88. The molecule has 0 aliphatic rings. The van der Waals surface area contributed by atoms with Gasteiger partial charge in [0, 0.05) is 23.6 Å². The quantitative estimate of drug-likeness (QED) is 0.918. The molecule has 1 unspecified atom stereocenters. The molecule has 1 N–H and O–H groups in total. The molecule has 1 heterocycles. The maximum absolute atomic E-state index is 13.7. The summed E-state index contributed by atoms with van der Waals surface area (Å²) in [4.78, 5) is 0. The van der Waals surface area contributed by atoms with Crippen LogP contribution in [0.1, 0.15) is 30.7 Å². The van der Waals surface area contributed by atoms with Crippen molar-refractivity contribution >= 4 is 11.6 Å². The number of rotatable bonds is 5. The first-order valence-electron chi connectivity index (χ1n) is 6.12. The minimum Gasteiger partial charge on any atom is -0.386 e. The van der Waals surface area contributed by atoms with Gasteiger partial charge in [0.1, 0.15) is 11.9 Å². The molecule has 102 valence electrons. The predicted octanol–water partition coefficient (Wildman–Crippen LogP) is 2.76. The van der Waals surface area contributed by atoms with E-state index in [1.807, 2.05) is 6.92 Å². The second-order valence-electron chi connectivity index (χ2n) is 4.30. The zero-order chi connectivity index (χ0) is 13.8. The van der Waals surface area contributed by atoms with Crippen molar-refractivity contribution in [1.29, 1.82) is 0 Å². The lowest BCUT2D eigenvalue weighted by molar-refractivity contribution is 0.165. The van der Waals surface area contributed by atoms with Gasteiger partial charge in [-0.25, -0.2) is 9.07 Å². The van der Waals surface area contributed by atoms with Crippen LogP contribution < -0.4 is 0 Å². The fraction of sp³-hybridized carbons (Fsp3) is 0.385. The van der Waals surface area contributed by atoms with Crippen molar-refractivity contribution in [2.24, 2.45) is 0 Å². The van der Waals surface area contributed by atoms with Crippen LogP contribution in [0.5, 0.6) is 0 Å². The number of hydrogen-bond acceptors (Lipinski definition) is 3. The highest BCUT2D eigenvalue weighted by Gasteiger charge is 2.18. The van der Waals surface area contributed by atoms with Gasteiger partial charge in [-0.1, -0.05) is 29.8 Å². The lowest BCUT2D eigenvalue weighted by Gasteiger charge is -2.13. The molecule has 2 rings (SSSR count). The Morgan fingerprint density at radius 3 is 2.95 bits per heavy atom. The first-order chi connectivity index (χ1) is 9.13. The molecule has 4 nitrogen and oxygen atoms in total. The topological polar surface area (TPSA) is 50.9 Å². The van der Waals surface area contributed by atoms with Gasteiger partial charge in [0.15, 0.2) is 0 Å². The summed E-state index contributed by atoms with van der Waals surface area (Å²) in [6.07, 6.45) is 1.59. The van der Waals surface area contributed by atoms with E-state index in [0.717, 1.165) is 6.42 Å². The van der Waals surface area contributed by atoms with Crippen molar-refractivity contribution in [2.75, 3.05) is 0 Å². The Balaban J connectivity index is 2.21. The molecule has 0 fully saturated rings. The zero-order valence-corrected chi connectivity index (χ0v) is 11.3. The summed E-state index contributed by atoms with van der Waals surface area (Å²) in [5.41, 5.74) is 0.877. The molecular weight excluding hydrogens is 269 g/mol. The van der Waals surface area contributed by atoms with Crippen LogP contribution in [0.15, 0.2) is 24.4 Å². The van der Waals surface area contributed by atoms with Crippen molar-refractivity contribution in [3.8, 4) is 0 Å². The Labute approximate surface area is 115 Å². The Morgan fingerprint density at radius 2 is 2.26 bits per heavy atom. The van der Waals surface area contributed by atoms with E-state index in [-0.39, 0.29) is 6.42 Å². The molecular formula is C13H15ClFN3O. The van der Waals surface area contributed by atoms with Gasteiger partial charge in [-0.05, 0) is 18.6 Å². The minimum atomic E-state index is -0.879. The molecule has 1 aromatic heterocycles. The van der Waals surface area contributed by atoms with Gasteiger partial charge >= 0.3 is 0 Å². The van der Waals surface area contributed by atoms with E-state index in [0.29, 0.717) is 22.8 Å². The van der Waals surface area contributed by atoms with E-state index >= 15 is 0 Å². The van der Waals surface area contributed by atoms with Gasteiger partial charge in [-0.2, -0.15) is 0 Å². The number of aliphatic hydroxyl groups is 1. The Hall–Kier alpha value is -1.46. The zero-order valence-electron chi connectivity index (χ0n) is 10.6. The molecule has 6 heteroatoms. The summed E-state index contributed by atoms with van der Waals surface area (Å²) in [6.45, 7) is 2.67. The van der Waals surface area contributed by atoms with E-state index < -0.39 is 11.9 Å². The number of aliphatic hydroxyl groups excluding tert-OH is 1. The third kappa shape index (κ3) is 3.11. The van der Waals surface area contributed by atoms with E-state index in [1.165, 1.54) is 18.3 Å². The van der Waals surface area contributed by atoms with Crippen molar-refractivity contribution in [1.82, 2.24) is 15.0 Å². The largest absolute Gasteiger partial charge is 0.386 e. The summed E-state index contributed by atoms with van der Waals surface area (Å²) in [5.74, 6) is -0.416. The molecule has 0 aliphatic heterocycles. The molecule has 1 atom stereocenters. The highest BCUT2D eigenvalue weighted by Crippen LogP contribution is 2.25. The van der Waals surface area contributed by atoms with Crippen LogP contribution in [0.4, 0.5) is 4.39 Å². The number of aryl methyl sites for hydroxylation is 1. The smallest absolute Gasteiger partial charge is 0.127 e. The van der Waals surface area contributed by atoms with Gasteiger partial charge in [-0.3, -0.25) is 0 Å². The molecule has 0 saturated carbocycles. The Kier molecular flexibility index (Phi) is 4.50. The second kappa shape index (κ2) is 6.12. The summed E-state index contributed by atoms with van der Waals surface area (Å²) in [7, 11) is 0. The molecule has 0 amide bonds. The van der Waals surface area contributed by atoms with Crippen LogP contribution in [0.25, 0.3) is 0 Å². The first kappa shape index (κ1) is 14.0. The molecule has 2 aromatic rings. The van der Waals surface area contributed by atoms with Gasteiger partial charge in [0.2, 0.25) is 0 Å². The normalized spacial score (nSPS) is 12.6. The van der Waals surface area contributed by atoms with Gasteiger partial charge in [0.05, 0.1) is 11.9 Å². The molecule has 0 bridgehead atoms. The summed E-state index contributed by atoms with van der Waals surface area (Å²) < 4.78 is 15.3. The van der Waals surface area contributed by atoms with Gasteiger partial charge < -0.3 is 5.11 Å². The van der Waals surface area contributed by atoms with Gasteiger partial charge in [0.25, 0.3) is 0 Å². The molecule has 0 saturated heterocycles. The number of benzene rings is 1. The lowest BCUT2D eigenvalue weighted by Crippen LogP contribution is -2.12. The average molecular weight is 284 g/mol. The molecule has 0 spiro atoms. The van der Waals surface area contributed by atoms with Crippen LogP contribution in [0.3, 0.4) is 0 Å². The van der Waals surface area contributed by atoms with E-state index in [9.17, 15) is 9.50 Å². The van der Waals surface area contributed by atoms with Crippen LogP contribution in [-0.2, 0) is 13.0 Å². The first-order valence-corrected chi connectivity index (χ1v) is 6.50. The third-order valence-corrected chi connectivity index (χ3v) is 3.24. The van der Waals surface area contributed by atoms with Crippen molar-refractivity contribution < 1.29 is 9.50 Å². The van der Waals surface area contributed by atoms with Crippen LogP contribution in [0, 0.1) is 5.82 Å². The maximum atomic E-state index is 13.7. The van der Waals surface area contributed by atoms with Crippen molar-refractivity contribution in [2.45, 2.75) is 32.4 Å². The number of nitrogens with zero attached hydrogens (tertiary/aromatic N) is 3. The predicted molar refractivity (Wildman–Crippen MR) is 70.4 cm³/mol. The fourth-order valence-corrected chi connectivity index (χ4v) is 2.17. The molecule has 0 aliphatic carbocycles. The highest BCUT2D eigenvalue weighted by molar-refractivity contribution is 6.31. The molecule has 19 heavy (non-hydrogen) atoms. The van der Waals surface area contributed by atoms with E-state index in [1.54, 1.807) is 10.7 Å². The fourth-order valence-electron chi connectivity index (χ4n) is 1.93. The Morgan fingerprint density at radius 1 is 1.47 bits per heavy atom. The molecule has 1 aromatic carbocycles. The number of halogens is 2. The minimum absolute atomic E-state index is 0.0998. The monoisotopic (exact) mass is 283 g/mol. The van der Waals surface area contributed by atoms with Crippen LogP contribution in [-0.4, -0.2) is 20.1 Å². The highest BCUT2D eigenvalue weighted by atomic mass is 35.5. The van der Waals surface area contributed by atoms with Crippen LogP contribution in [0.2, 0.25) is 5.02 Å². The number of aromatic nitrogens is 3. The standard InChI is InChI=1S/C13H15ClFN3O/c1-2-6-18-12(8-16-17-18)13(19)7-9-10(14)4-3-5-11(9)15/h3-5,8,13,19H,2,6-7H2,1H3. The van der Waals surface area contributed by atoms with Crippen LogP contribution >= 0.6 is 11.6 Å². The number of hydrogen-bond donors (Lipinski definition) is 1.